The number of carbonyl (C=O) groups is 1. The van der Waals surface area contributed by atoms with Crippen LogP contribution in [0.3, 0.4) is 0 Å². The van der Waals surface area contributed by atoms with Crippen molar-refractivity contribution in [1.29, 1.82) is 0 Å². The van der Waals surface area contributed by atoms with Crippen LogP contribution >= 0.6 is 0 Å². The topological polar surface area (TPSA) is 74.9 Å². The van der Waals surface area contributed by atoms with E-state index in [1.807, 2.05) is 42.2 Å². The molecule has 1 N–H and O–H groups in total. The highest BCUT2D eigenvalue weighted by atomic mass is 16.4. The van der Waals surface area contributed by atoms with Gasteiger partial charge < -0.3 is 10.0 Å². The second-order valence-electron chi connectivity index (χ2n) is 7.34. The molecule has 3 aromatic rings. The summed E-state index contributed by atoms with van der Waals surface area (Å²) in [6, 6.07) is 11.5. The third-order valence-corrected chi connectivity index (χ3v) is 5.85. The normalized spacial score (nSPS) is 20.7. The third-order valence-electron chi connectivity index (χ3n) is 5.85. The molecular formula is C21H19N3O3. The molecule has 0 fully saturated rings. The van der Waals surface area contributed by atoms with Crippen molar-refractivity contribution < 1.29 is 9.90 Å². The summed E-state index contributed by atoms with van der Waals surface area (Å²) in [4.78, 5) is 32.1. The Labute approximate surface area is 155 Å². The molecule has 27 heavy (non-hydrogen) atoms. The summed E-state index contributed by atoms with van der Waals surface area (Å²) in [5, 5.41) is 9.92. The van der Waals surface area contributed by atoms with Crippen LogP contribution in [-0.2, 0) is 17.6 Å². The number of hydrogen-bond acceptors (Lipinski definition) is 4. The van der Waals surface area contributed by atoms with Gasteiger partial charge in [-0.2, -0.15) is 0 Å². The molecule has 0 bridgehead atoms. The maximum atomic E-state index is 13.1. The van der Waals surface area contributed by atoms with Crippen molar-refractivity contribution in [3.63, 3.8) is 0 Å². The summed E-state index contributed by atoms with van der Waals surface area (Å²) in [5.41, 5.74) is 4.11. The van der Waals surface area contributed by atoms with Gasteiger partial charge in [0.05, 0.1) is 17.5 Å². The van der Waals surface area contributed by atoms with Gasteiger partial charge in [0, 0.05) is 12.7 Å². The lowest BCUT2D eigenvalue weighted by molar-refractivity contribution is -0.142. The number of carboxylic acids is 1. The molecule has 2 aromatic heterocycles. The SMILES string of the molecule is Cc1cccn2c(=O)c3c(nc12)N1CCc2ccccc2[C@H]1[C@@H](C(=O)O)C3. The van der Waals surface area contributed by atoms with Crippen LogP contribution in [0, 0.1) is 12.8 Å². The summed E-state index contributed by atoms with van der Waals surface area (Å²) >= 11 is 0. The van der Waals surface area contributed by atoms with E-state index in [4.69, 9.17) is 4.98 Å². The van der Waals surface area contributed by atoms with Crippen molar-refractivity contribution in [3.8, 4) is 0 Å². The molecule has 136 valence electrons. The molecule has 2 atom stereocenters. The molecule has 0 aliphatic carbocycles. The standard InChI is InChI=1S/C21H19N3O3/c1-12-5-4-9-24-18(12)22-19-16(20(24)25)11-15(21(26)27)17-14-7-3-2-6-13(14)8-10-23(17)19/h2-7,9,15,17H,8,10-11H2,1H3,(H,26,27)/t15-,17-/m0/s1. The van der Waals surface area contributed by atoms with Crippen LogP contribution in [0.25, 0.3) is 5.65 Å². The van der Waals surface area contributed by atoms with E-state index in [2.05, 4.69) is 6.07 Å². The highest BCUT2D eigenvalue weighted by Gasteiger charge is 2.44. The Kier molecular flexibility index (Phi) is 3.37. The third kappa shape index (κ3) is 2.22. The average molecular weight is 361 g/mol. The minimum atomic E-state index is -0.874. The van der Waals surface area contributed by atoms with E-state index in [1.165, 1.54) is 9.96 Å². The zero-order valence-electron chi connectivity index (χ0n) is 14.9. The van der Waals surface area contributed by atoms with Crippen molar-refractivity contribution in [3.05, 3.63) is 75.2 Å². The van der Waals surface area contributed by atoms with Gasteiger partial charge in [0.15, 0.2) is 0 Å². The Morgan fingerprint density at radius 3 is 2.85 bits per heavy atom. The van der Waals surface area contributed by atoms with Crippen molar-refractivity contribution in [2.45, 2.75) is 25.8 Å². The van der Waals surface area contributed by atoms with Crippen LogP contribution in [-0.4, -0.2) is 27.0 Å². The smallest absolute Gasteiger partial charge is 0.309 e. The second kappa shape index (κ2) is 5.67. The van der Waals surface area contributed by atoms with Crippen LogP contribution in [0.5, 0.6) is 0 Å². The predicted molar refractivity (Wildman–Crippen MR) is 101 cm³/mol. The van der Waals surface area contributed by atoms with Crippen LogP contribution in [0.15, 0.2) is 47.4 Å². The molecule has 6 heteroatoms. The Morgan fingerprint density at radius 1 is 1.22 bits per heavy atom. The minimum absolute atomic E-state index is 0.165. The summed E-state index contributed by atoms with van der Waals surface area (Å²) in [5.74, 6) is -0.899. The first kappa shape index (κ1) is 16.1. The number of carboxylic acid groups (broad SMARTS) is 1. The average Bonchev–Trinajstić information content (AvgIpc) is 2.68. The first-order valence-electron chi connectivity index (χ1n) is 9.14. The van der Waals surface area contributed by atoms with Crippen LogP contribution in [0.2, 0.25) is 0 Å². The van der Waals surface area contributed by atoms with Gasteiger partial charge in [0.2, 0.25) is 0 Å². The fraction of sp³-hybridized carbons (Fsp3) is 0.286. The molecule has 0 saturated carbocycles. The molecule has 4 heterocycles. The zero-order valence-corrected chi connectivity index (χ0v) is 14.9. The first-order valence-corrected chi connectivity index (χ1v) is 9.14. The van der Waals surface area contributed by atoms with Gasteiger partial charge in [-0.3, -0.25) is 14.0 Å². The largest absolute Gasteiger partial charge is 0.481 e. The molecular weight excluding hydrogens is 342 g/mol. The monoisotopic (exact) mass is 361 g/mol. The molecule has 2 aliphatic rings. The lowest BCUT2D eigenvalue weighted by Crippen LogP contribution is -2.48. The van der Waals surface area contributed by atoms with E-state index in [9.17, 15) is 14.7 Å². The van der Waals surface area contributed by atoms with Crippen molar-refractivity contribution in [1.82, 2.24) is 9.38 Å². The molecule has 0 amide bonds. The van der Waals surface area contributed by atoms with E-state index in [0.717, 1.165) is 17.5 Å². The number of aromatic nitrogens is 2. The van der Waals surface area contributed by atoms with Crippen LogP contribution < -0.4 is 10.5 Å². The van der Waals surface area contributed by atoms with E-state index < -0.39 is 11.9 Å². The lowest BCUT2D eigenvalue weighted by atomic mass is 9.79. The number of pyridine rings is 1. The molecule has 0 unspecified atom stereocenters. The van der Waals surface area contributed by atoms with Gasteiger partial charge in [-0.1, -0.05) is 30.3 Å². The summed E-state index contributed by atoms with van der Waals surface area (Å²) in [6.07, 6.45) is 2.71. The zero-order chi connectivity index (χ0) is 18.7. The quantitative estimate of drug-likeness (QED) is 0.720. The minimum Gasteiger partial charge on any atom is -0.481 e. The first-order chi connectivity index (χ1) is 13.1. The van der Waals surface area contributed by atoms with Crippen molar-refractivity contribution in [2.75, 3.05) is 11.4 Å². The fourth-order valence-corrected chi connectivity index (χ4v) is 4.56. The molecule has 1 aromatic carbocycles. The Morgan fingerprint density at radius 2 is 2.04 bits per heavy atom. The van der Waals surface area contributed by atoms with Gasteiger partial charge in [0.1, 0.15) is 11.5 Å². The number of fused-ring (bicyclic) bond motifs is 6. The molecule has 0 saturated heterocycles. The number of aliphatic carboxylic acids is 1. The fourth-order valence-electron chi connectivity index (χ4n) is 4.56. The maximum Gasteiger partial charge on any atom is 0.309 e. The molecule has 0 radical (unpaired) electrons. The van der Waals surface area contributed by atoms with Crippen molar-refractivity contribution in [2.24, 2.45) is 5.92 Å². The van der Waals surface area contributed by atoms with E-state index >= 15 is 0 Å². The summed E-state index contributed by atoms with van der Waals surface area (Å²) in [6.45, 7) is 2.59. The summed E-state index contributed by atoms with van der Waals surface area (Å²) in [7, 11) is 0. The van der Waals surface area contributed by atoms with Crippen molar-refractivity contribution >= 4 is 17.4 Å². The second-order valence-corrected chi connectivity index (χ2v) is 7.34. The van der Waals surface area contributed by atoms with E-state index in [-0.39, 0.29) is 18.0 Å². The highest BCUT2D eigenvalue weighted by Crippen LogP contribution is 2.43. The number of rotatable bonds is 1. The molecule has 6 nitrogen and oxygen atoms in total. The maximum absolute atomic E-state index is 13.1. The van der Waals surface area contributed by atoms with Gasteiger partial charge in [-0.15, -0.1) is 0 Å². The lowest BCUT2D eigenvalue weighted by Gasteiger charge is -2.44. The van der Waals surface area contributed by atoms with Gasteiger partial charge in [-0.25, -0.2) is 4.98 Å². The molecule has 5 rings (SSSR count). The van der Waals surface area contributed by atoms with Gasteiger partial charge in [-0.05, 0) is 42.5 Å². The van der Waals surface area contributed by atoms with Gasteiger partial charge in [0.25, 0.3) is 5.56 Å². The number of nitrogens with zero attached hydrogens (tertiary/aromatic N) is 3. The van der Waals surface area contributed by atoms with Crippen LogP contribution in [0.1, 0.15) is 28.3 Å². The number of anilines is 1. The van der Waals surface area contributed by atoms with E-state index in [0.29, 0.717) is 23.6 Å². The van der Waals surface area contributed by atoms with E-state index in [1.54, 1.807) is 6.20 Å². The highest BCUT2D eigenvalue weighted by molar-refractivity contribution is 5.76. The Bertz CT molecular complexity index is 1150. The predicted octanol–water partition coefficient (Wildman–Crippen LogP) is 2.36. The Hall–Kier alpha value is -3.15. The van der Waals surface area contributed by atoms with Gasteiger partial charge >= 0.3 is 5.97 Å². The summed E-state index contributed by atoms with van der Waals surface area (Å²) < 4.78 is 1.53. The number of aryl methyl sites for hydroxylation is 1. The van der Waals surface area contributed by atoms with Crippen LogP contribution in [0.4, 0.5) is 5.82 Å². The Balaban J connectivity index is 1.80. The molecule has 0 spiro atoms. The number of benzene rings is 1. The molecule has 2 aliphatic heterocycles. The number of hydrogen-bond donors (Lipinski definition) is 1.